The number of ether oxygens (including phenoxy) is 1. The van der Waals surface area contributed by atoms with Crippen LogP contribution >= 0.6 is 34.9 Å². The van der Waals surface area contributed by atoms with Gasteiger partial charge in [0.15, 0.2) is 15.3 Å². The van der Waals surface area contributed by atoms with Gasteiger partial charge in [-0.3, -0.25) is 9.36 Å². The van der Waals surface area contributed by atoms with E-state index in [0.717, 1.165) is 31.7 Å². The number of carbonyl (C=O) groups excluding carboxylic acids is 1. The highest BCUT2D eigenvalue weighted by Crippen LogP contribution is 2.43. The van der Waals surface area contributed by atoms with Crippen LogP contribution in [0.5, 0.6) is 5.75 Å². The SMILES string of the molecule is O=C(CSc1nnc(COc2ccc(C3CCCCC3)cc2)n1-c1ccccc1)Nc1ccc2nc(SC(c3ccccc3)c3ccccc3)sc2c1. The lowest BCUT2D eigenvalue weighted by atomic mass is 9.84. The summed E-state index contributed by atoms with van der Waals surface area (Å²) in [6.45, 7) is 0.254. The van der Waals surface area contributed by atoms with Crippen LogP contribution in [0.2, 0.25) is 0 Å². The van der Waals surface area contributed by atoms with Crippen LogP contribution in [0.1, 0.15) is 65.8 Å². The second kappa shape index (κ2) is 16.8. The van der Waals surface area contributed by atoms with E-state index in [1.54, 1.807) is 23.1 Å². The summed E-state index contributed by atoms with van der Waals surface area (Å²) in [5, 5.41) is 12.8. The Kier molecular flexibility index (Phi) is 11.2. The molecule has 0 spiro atoms. The highest BCUT2D eigenvalue weighted by Gasteiger charge is 2.20. The fourth-order valence-corrected chi connectivity index (χ4v) is 9.98. The minimum atomic E-state index is -0.125. The topological polar surface area (TPSA) is 81.9 Å². The second-order valence-electron chi connectivity index (χ2n) is 13.1. The fraction of sp³-hybridized carbons (Fsp3) is 0.209. The number of rotatable bonds is 13. The standard InChI is InChI=1S/C43H39N5O2S3/c49-40(44-34-23-26-37-38(27-34)52-43(45-37)53-41(32-15-7-2-8-16-32)33-17-9-3-10-18-33)29-51-42-47-46-39(48(42)35-19-11-4-12-20-35)28-50-36-24-21-31(22-25-36)30-13-5-1-6-14-30/h2-4,7-12,15-27,30,41H,1,5-6,13-14,28-29H2,(H,44,49). The van der Waals surface area contributed by atoms with Crippen LogP contribution in [-0.2, 0) is 11.4 Å². The zero-order valence-corrected chi connectivity index (χ0v) is 31.6. The fourth-order valence-electron chi connectivity index (χ4n) is 6.79. The van der Waals surface area contributed by atoms with Crippen molar-refractivity contribution in [3.8, 4) is 11.4 Å². The van der Waals surface area contributed by atoms with E-state index in [9.17, 15) is 4.79 Å². The summed E-state index contributed by atoms with van der Waals surface area (Å²) < 4.78 is 10.2. The van der Waals surface area contributed by atoms with Gasteiger partial charge in [0.1, 0.15) is 12.4 Å². The number of fused-ring (bicyclic) bond motifs is 1. The molecule has 0 bridgehead atoms. The van der Waals surface area contributed by atoms with Gasteiger partial charge < -0.3 is 10.1 Å². The van der Waals surface area contributed by atoms with E-state index in [0.29, 0.717) is 16.9 Å². The molecule has 2 aromatic heterocycles. The lowest BCUT2D eigenvalue weighted by Gasteiger charge is -2.22. The lowest BCUT2D eigenvalue weighted by Crippen LogP contribution is -2.14. The van der Waals surface area contributed by atoms with Gasteiger partial charge in [0.2, 0.25) is 5.91 Å². The van der Waals surface area contributed by atoms with E-state index >= 15 is 0 Å². The Labute approximate surface area is 322 Å². The third kappa shape index (κ3) is 8.67. The van der Waals surface area contributed by atoms with Crippen molar-refractivity contribution in [3.63, 3.8) is 0 Å². The number of nitrogens with one attached hydrogen (secondary N) is 1. The average Bonchev–Trinajstić information content (AvgIpc) is 3.83. The molecule has 2 heterocycles. The van der Waals surface area contributed by atoms with Gasteiger partial charge >= 0.3 is 0 Å². The Bertz CT molecular complexity index is 2220. The molecule has 53 heavy (non-hydrogen) atoms. The maximum absolute atomic E-state index is 13.3. The van der Waals surface area contributed by atoms with Gasteiger partial charge in [-0.2, -0.15) is 0 Å². The number of anilines is 1. The summed E-state index contributed by atoms with van der Waals surface area (Å²) >= 11 is 4.74. The summed E-state index contributed by atoms with van der Waals surface area (Å²) in [4.78, 5) is 18.2. The lowest BCUT2D eigenvalue weighted by molar-refractivity contribution is -0.113. The van der Waals surface area contributed by atoms with Crippen LogP contribution in [0.4, 0.5) is 5.69 Å². The van der Waals surface area contributed by atoms with E-state index < -0.39 is 0 Å². The van der Waals surface area contributed by atoms with Crippen molar-refractivity contribution in [3.05, 3.63) is 156 Å². The Morgan fingerprint density at radius 1 is 0.811 bits per heavy atom. The van der Waals surface area contributed by atoms with Crippen molar-refractivity contribution in [2.24, 2.45) is 0 Å². The molecule has 5 aromatic carbocycles. The van der Waals surface area contributed by atoms with Gasteiger partial charge in [0.05, 0.1) is 21.2 Å². The van der Waals surface area contributed by atoms with Crippen molar-refractivity contribution in [1.82, 2.24) is 19.7 Å². The molecule has 0 aliphatic heterocycles. The molecular formula is C43H39N5O2S3. The van der Waals surface area contributed by atoms with Gasteiger partial charge in [-0.1, -0.05) is 134 Å². The molecular weight excluding hydrogens is 715 g/mol. The van der Waals surface area contributed by atoms with Crippen LogP contribution in [0, 0.1) is 0 Å². The van der Waals surface area contributed by atoms with E-state index in [1.807, 2.05) is 65.2 Å². The minimum Gasteiger partial charge on any atom is -0.486 e. The first-order valence-electron chi connectivity index (χ1n) is 18.0. The van der Waals surface area contributed by atoms with Crippen LogP contribution in [0.25, 0.3) is 15.9 Å². The van der Waals surface area contributed by atoms with Gasteiger partial charge in [-0.15, -0.1) is 21.5 Å². The Balaban J connectivity index is 0.922. The predicted molar refractivity (Wildman–Crippen MR) is 218 cm³/mol. The van der Waals surface area contributed by atoms with Crippen LogP contribution in [0.3, 0.4) is 0 Å². The molecule has 10 heteroatoms. The molecule has 1 aliphatic rings. The third-order valence-corrected chi connectivity index (χ3v) is 12.8. The molecule has 266 valence electrons. The summed E-state index contributed by atoms with van der Waals surface area (Å²) in [6.07, 6.45) is 6.52. The number of hydrogen-bond acceptors (Lipinski definition) is 8. The molecule has 0 radical (unpaired) electrons. The van der Waals surface area contributed by atoms with Crippen LogP contribution in [-0.4, -0.2) is 31.4 Å². The molecule has 1 saturated carbocycles. The van der Waals surface area contributed by atoms with E-state index in [-0.39, 0.29) is 23.5 Å². The van der Waals surface area contributed by atoms with Crippen molar-refractivity contribution >= 4 is 56.7 Å². The maximum Gasteiger partial charge on any atom is 0.234 e. The van der Waals surface area contributed by atoms with Crippen molar-refractivity contribution < 1.29 is 9.53 Å². The molecule has 7 nitrogen and oxygen atoms in total. The van der Waals surface area contributed by atoms with Crippen molar-refractivity contribution in [1.29, 1.82) is 0 Å². The number of carbonyl (C=O) groups is 1. The van der Waals surface area contributed by atoms with Crippen LogP contribution < -0.4 is 10.1 Å². The number of hydrogen-bond donors (Lipinski definition) is 1. The molecule has 7 aromatic rings. The Morgan fingerprint density at radius 2 is 1.49 bits per heavy atom. The van der Waals surface area contributed by atoms with Crippen LogP contribution in [0.15, 0.2) is 143 Å². The highest BCUT2D eigenvalue weighted by atomic mass is 32.2. The molecule has 0 atom stereocenters. The summed E-state index contributed by atoms with van der Waals surface area (Å²) in [5.74, 6) is 2.17. The number of aromatic nitrogens is 4. The molecule has 1 N–H and O–H groups in total. The quantitative estimate of drug-likeness (QED) is 0.117. The number of benzene rings is 5. The minimum absolute atomic E-state index is 0.122. The molecule has 1 fully saturated rings. The van der Waals surface area contributed by atoms with Crippen molar-refractivity contribution in [2.75, 3.05) is 11.1 Å². The van der Waals surface area contributed by atoms with E-state index in [4.69, 9.17) is 9.72 Å². The third-order valence-electron chi connectivity index (χ3n) is 9.45. The monoisotopic (exact) mass is 753 g/mol. The zero-order chi connectivity index (χ0) is 35.8. The van der Waals surface area contributed by atoms with Gasteiger partial charge in [0, 0.05) is 11.4 Å². The summed E-state index contributed by atoms with van der Waals surface area (Å²) in [5.41, 5.74) is 6.42. The normalized spacial score (nSPS) is 13.4. The van der Waals surface area contributed by atoms with Gasteiger partial charge in [-0.25, -0.2) is 4.98 Å². The van der Waals surface area contributed by atoms with Gasteiger partial charge in [0.25, 0.3) is 0 Å². The van der Waals surface area contributed by atoms with E-state index in [1.165, 1.54) is 60.6 Å². The largest absolute Gasteiger partial charge is 0.486 e. The summed E-state index contributed by atoms with van der Waals surface area (Å²) in [6, 6.07) is 45.4. The summed E-state index contributed by atoms with van der Waals surface area (Å²) in [7, 11) is 0. The molecule has 8 rings (SSSR count). The van der Waals surface area contributed by atoms with Gasteiger partial charge in [-0.05, 0) is 77.9 Å². The molecule has 0 saturated heterocycles. The molecule has 0 unspecified atom stereocenters. The first-order chi connectivity index (χ1) is 26.2. The first-order valence-corrected chi connectivity index (χ1v) is 20.7. The highest BCUT2D eigenvalue weighted by molar-refractivity contribution is 8.01. The number of thiazole rings is 1. The smallest absolute Gasteiger partial charge is 0.234 e. The average molecular weight is 754 g/mol. The number of para-hydroxylation sites is 1. The Morgan fingerprint density at radius 3 is 2.19 bits per heavy atom. The maximum atomic E-state index is 13.3. The number of nitrogens with zero attached hydrogens (tertiary/aromatic N) is 4. The van der Waals surface area contributed by atoms with E-state index in [2.05, 4.69) is 88.3 Å². The zero-order valence-electron chi connectivity index (χ0n) is 29.1. The second-order valence-corrected chi connectivity index (χ2v) is 16.4. The number of thioether (sulfide) groups is 2. The molecule has 1 aliphatic carbocycles. The Hall–Kier alpha value is -4.90. The van der Waals surface area contributed by atoms with Crippen molar-refractivity contribution in [2.45, 2.75) is 59.4 Å². The first kappa shape index (κ1) is 35.1. The number of amides is 1. The predicted octanol–water partition coefficient (Wildman–Crippen LogP) is 11.1. The molecule has 1 amide bonds.